The molecular weight excluding hydrogens is 290 g/mol. The highest BCUT2D eigenvalue weighted by molar-refractivity contribution is 5.78. The molecule has 3 rings (SSSR count). The van der Waals surface area contributed by atoms with Gasteiger partial charge in [-0.25, -0.2) is 4.98 Å². The minimum atomic E-state index is -0.0884. The summed E-state index contributed by atoms with van der Waals surface area (Å²) >= 11 is 0. The summed E-state index contributed by atoms with van der Waals surface area (Å²) in [6.07, 6.45) is 5.82. The highest BCUT2D eigenvalue weighted by Gasteiger charge is 2.30. The fourth-order valence-electron chi connectivity index (χ4n) is 3.52. The third-order valence-electron chi connectivity index (χ3n) is 5.05. The van der Waals surface area contributed by atoms with Crippen LogP contribution in [0.3, 0.4) is 0 Å². The molecule has 0 unspecified atom stereocenters. The van der Waals surface area contributed by atoms with E-state index in [2.05, 4.69) is 37.7 Å². The maximum absolute atomic E-state index is 12.6. The molecule has 2 heterocycles. The van der Waals surface area contributed by atoms with Gasteiger partial charge in [-0.05, 0) is 19.9 Å². The molecule has 1 saturated carbocycles. The lowest BCUT2D eigenvalue weighted by atomic mass is 9.97. The van der Waals surface area contributed by atoms with E-state index in [1.54, 1.807) is 0 Å². The third-order valence-corrected chi connectivity index (χ3v) is 5.05. The molecule has 1 aliphatic heterocycles. The van der Waals surface area contributed by atoms with Crippen molar-refractivity contribution in [2.24, 2.45) is 0 Å². The molecule has 1 aromatic heterocycles. The van der Waals surface area contributed by atoms with Crippen LogP contribution in [0.1, 0.15) is 63.8 Å². The van der Waals surface area contributed by atoms with Crippen molar-refractivity contribution in [1.29, 1.82) is 0 Å². The van der Waals surface area contributed by atoms with E-state index in [-0.39, 0.29) is 11.3 Å². The second kappa shape index (κ2) is 6.27. The van der Waals surface area contributed by atoms with Gasteiger partial charge in [-0.3, -0.25) is 9.69 Å². The molecule has 0 saturated heterocycles. The van der Waals surface area contributed by atoms with Crippen LogP contribution in [0.2, 0.25) is 0 Å². The van der Waals surface area contributed by atoms with E-state index >= 15 is 0 Å². The van der Waals surface area contributed by atoms with E-state index in [1.807, 2.05) is 4.90 Å². The molecule has 5 heteroatoms. The summed E-state index contributed by atoms with van der Waals surface area (Å²) < 4.78 is 5.90. The zero-order valence-corrected chi connectivity index (χ0v) is 14.9. The lowest BCUT2D eigenvalue weighted by Gasteiger charge is -2.29. The normalized spacial score (nSPS) is 19.4. The van der Waals surface area contributed by atoms with E-state index in [0.717, 1.165) is 30.3 Å². The van der Waals surface area contributed by atoms with Gasteiger partial charge in [-0.1, -0.05) is 33.6 Å². The first-order valence-corrected chi connectivity index (χ1v) is 8.81. The molecular formula is C18H29N3O2. The van der Waals surface area contributed by atoms with Crippen molar-refractivity contribution in [3.63, 3.8) is 0 Å². The lowest BCUT2D eigenvalue weighted by Crippen LogP contribution is -2.43. The summed E-state index contributed by atoms with van der Waals surface area (Å²) in [5.74, 6) is 1.95. The van der Waals surface area contributed by atoms with Gasteiger partial charge in [0.05, 0.1) is 13.1 Å². The molecule has 0 radical (unpaired) electrons. The summed E-state index contributed by atoms with van der Waals surface area (Å²) in [5, 5.41) is 0. The van der Waals surface area contributed by atoms with E-state index in [9.17, 15) is 4.79 Å². The van der Waals surface area contributed by atoms with Crippen LogP contribution in [-0.4, -0.2) is 46.9 Å². The van der Waals surface area contributed by atoms with Gasteiger partial charge in [0.25, 0.3) is 0 Å². The lowest BCUT2D eigenvalue weighted by molar-refractivity contribution is -0.133. The minimum Gasteiger partial charge on any atom is -0.445 e. The van der Waals surface area contributed by atoms with Crippen LogP contribution in [-0.2, 0) is 23.2 Å². The molecule has 128 valence electrons. The maximum Gasteiger partial charge on any atom is 0.237 e. The third kappa shape index (κ3) is 3.60. The molecule has 0 atom stereocenters. The fraction of sp³-hybridized carbons (Fsp3) is 0.778. The largest absolute Gasteiger partial charge is 0.445 e. The Balaban J connectivity index is 1.62. The zero-order chi connectivity index (χ0) is 16.6. The zero-order valence-electron chi connectivity index (χ0n) is 14.9. The number of aromatic nitrogens is 1. The summed E-state index contributed by atoms with van der Waals surface area (Å²) in [6, 6.07) is 0.582. The highest BCUT2D eigenvalue weighted by Crippen LogP contribution is 2.27. The smallest absolute Gasteiger partial charge is 0.237 e. The first-order chi connectivity index (χ1) is 10.8. The number of oxazole rings is 1. The summed E-state index contributed by atoms with van der Waals surface area (Å²) in [4.78, 5) is 21.4. The Labute approximate surface area is 139 Å². The SMILES string of the molecule is CN(CC(=O)N1CCc2oc(C(C)(C)C)nc2C1)C1CCCC1. The van der Waals surface area contributed by atoms with E-state index < -0.39 is 0 Å². The van der Waals surface area contributed by atoms with E-state index in [0.29, 0.717) is 19.1 Å². The molecule has 0 aromatic carbocycles. The van der Waals surface area contributed by atoms with Crippen LogP contribution in [0.25, 0.3) is 0 Å². The second-order valence-corrected chi connectivity index (χ2v) is 8.06. The minimum absolute atomic E-state index is 0.0884. The van der Waals surface area contributed by atoms with Gasteiger partial charge in [0.15, 0.2) is 5.89 Å². The molecule has 0 spiro atoms. The molecule has 1 aliphatic carbocycles. The summed E-state index contributed by atoms with van der Waals surface area (Å²) in [6.45, 7) is 8.15. The van der Waals surface area contributed by atoms with Crippen LogP contribution in [0, 0.1) is 0 Å². The van der Waals surface area contributed by atoms with Crippen molar-refractivity contribution in [3.05, 3.63) is 17.3 Å². The molecule has 0 N–H and O–H groups in total. The van der Waals surface area contributed by atoms with Crippen molar-refractivity contribution in [3.8, 4) is 0 Å². The number of likely N-dealkylation sites (N-methyl/N-ethyl adjacent to an activating group) is 1. The molecule has 23 heavy (non-hydrogen) atoms. The average molecular weight is 319 g/mol. The quantitative estimate of drug-likeness (QED) is 0.859. The van der Waals surface area contributed by atoms with Gasteiger partial charge >= 0.3 is 0 Å². The Morgan fingerprint density at radius 3 is 2.70 bits per heavy atom. The van der Waals surface area contributed by atoms with Crippen molar-refractivity contribution in [2.75, 3.05) is 20.1 Å². The monoisotopic (exact) mass is 319 g/mol. The Bertz CT molecular complexity index is 567. The van der Waals surface area contributed by atoms with E-state index in [4.69, 9.17) is 4.42 Å². The maximum atomic E-state index is 12.6. The Morgan fingerprint density at radius 2 is 2.04 bits per heavy atom. The van der Waals surface area contributed by atoms with Gasteiger partial charge < -0.3 is 9.32 Å². The first kappa shape index (κ1) is 16.5. The summed E-state index contributed by atoms with van der Waals surface area (Å²) in [7, 11) is 2.08. The standard InChI is InChI=1S/C18H29N3O2/c1-18(2,3)17-19-14-11-21(10-9-15(14)23-17)16(22)12-20(4)13-7-5-6-8-13/h13H,5-12H2,1-4H3. The van der Waals surface area contributed by atoms with E-state index in [1.165, 1.54) is 25.7 Å². The average Bonchev–Trinajstić information content (AvgIpc) is 3.15. The van der Waals surface area contributed by atoms with Crippen molar-refractivity contribution in [2.45, 2.75) is 70.9 Å². The number of rotatable bonds is 3. The van der Waals surface area contributed by atoms with Crippen LogP contribution in [0.15, 0.2) is 4.42 Å². The number of fused-ring (bicyclic) bond motifs is 1. The van der Waals surface area contributed by atoms with Crippen molar-refractivity contribution >= 4 is 5.91 Å². The number of carbonyl (C=O) groups excluding carboxylic acids is 1. The molecule has 2 aliphatic rings. The van der Waals surface area contributed by atoms with Gasteiger partial charge in [-0.2, -0.15) is 0 Å². The van der Waals surface area contributed by atoms with Crippen LogP contribution < -0.4 is 0 Å². The highest BCUT2D eigenvalue weighted by atomic mass is 16.4. The molecule has 0 bridgehead atoms. The number of amides is 1. The van der Waals surface area contributed by atoms with Gasteiger partial charge in [0, 0.05) is 24.4 Å². The predicted octanol–water partition coefficient (Wildman–Crippen LogP) is 2.73. The van der Waals surface area contributed by atoms with Crippen molar-refractivity contribution < 1.29 is 9.21 Å². The number of hydrogen-bond donors (Lipinski definition) is 0. The van der Waals surface area contributed by atoms with Crippen molar-refractivity contribution in [1.82, 2.24) is 14.8 Å². The number of carbonyl (C=O) groups is 1. The fourth-order valence-corrected chi connectivity index (χ4v) is 3.52. The Kier molecular flexibility index (Phi) is 4.50. The Hall–Kier alpha value is -1.36. The van der Waals surface area contributed by atoms with Gasteiger partial charge in [0.2, 0.25) is 5.91 Å². The van der Waals surface area contributed by atoms with Gasteiger partial charge in [0.1, 0.15) is 11.5 Å². The number of hydrogen-bond acceptors (Lipinski definition) is 4. The predicted molar refractivity (Wildman–Crippen MR) is 89.2 cm³/mol. The van der Waals surface area contributed by atoms with Crippen LogP contribution in [0.5, 0.6) is 0 Å². The molecule has 1 amide bonds. The topological polar surface area (TPSA) is 49.6 Å². The number of nitrogens with zero attached hydrogens (tertiary/aromatic N) is 3. The molecule has 5 nitrogen and oxygen atoms in total. The second-order valence-electron chi connectivity index (χ2n) is 8.06. The van der Waals surface area contributed by atoms with Crippen LogP contribution >= 0.6 is 0 Å². The first-order valence-electron chi connectivity index (χ1n) is 8.81. The summed E-state index contributed by atoms with van der Waals surface area (Å²) in [5.41, 5.74) is 0.854. The molecule has 1 aromatic rings. The molecule has 1 fully saturated rings. The van der Waals surface area contributed by atoms with Gasteiger partial charge in [-0.15, -0.1) is 0 Å². The van der Waals surface area contributed by atoms with Crippen LogP contribution in [0.4, 0.5) is 0 Å². The Morgan fingerprint density at radius 1 is 1.35 bits per heavy atom.